The molecular formula is C13H19N5O3. The molecule has 0 aliphatic heterocycles. The zero-order chi connectivity index (χ0) is 15.9. The molecule has 2 rings (SSSR count). The molecule has 0 radical (unpaired) electrons. The summed E-state index contributed by atoms with van der Waals surface area (Å²) < 4.78 is 6.83. The molecule has 0 saturated heterocycles. The molecule has 0 amide bonds. The van der Waals surface area contributed by atoms with E-state index in [0.29, 0.717) is 23.1 Å². The van der Waals surface area contributed by atoms with E-state index in [1.54, 1.807) is 18.5 Å². The molecule has 21 heavy (non-hydrogen) atoms. The smallest absolute Gasteiger partial charge is 0.312 e. The van der Waals surface area contributed by atoms with E-state index in [0.717, 1.165) is 0 Å². The Kier molecular flexibility index (Phi) is 3.56. The monoisotopic (exact) mass is 293 g/mol. The Morgan fingerprint density at radius 1 is 1.33 bits per heavy atom. The molecule has 0 spiro atoms. The van der Waals surface area contributed by atoms with Crippen molar-refractivity contribution in [3.63, 3.8) is 0 Å². The third kappa shape index (κ3) is 2.65. The Labute approximate surface area is 122 Å². The quantitative estimate of drug-likeness (QED) is 0.637. The Morgan fingerprint density at radius 2 is 1.95 bits per heavy atom. The van der Waals surface area contributed by atoms with E-state index in [9.17, 15) is 10.1 Å². The van der Waals surface area contributed by atoms with E-state index in [-0.39, 0.29) is 17.1 Å². The number of aromatic nitrogens is 4. The lowest BCUT2D eigenvalue weighted by Gasteiger charge is -2.11. The molecule has 2 aromatic rings. The molecule has 2 aromatic heterocycles. The first-order chi connectivity index (χ1) is 9.62. The number of rotatable bonds is 3. The average molecular weight is 293 g/mol. The Balaban J connectivity index is 2.41. The van der Waals surface area contributed by atoms with Crippen molar-refractivity contribution in [3.8, 4) is 0 Å². The van der Waals surface area contributed by atoms with Gasteiger partial charge in [-0.15, -0.1) is 0 Å². The van der Waals surface area contributed by atoms with Gasteiger partial charge in [-0.2, -0.15) is 10.1 Å². The van der Waals surface area contributed by atoms with E-state index in [1.165, 1.54) is 0 Å². The zero-order valence-corrected chi connectivity index (χ0v) is 13.0. The Hall–Kier alpha value is -2.25. The molecule has 8 nitrogen and oxygen atoms in total. The van der Waals surface area contributed by atoms with Gasteiger partial charge in [0.1, 0.15) is 17.4 Å². The predicted molar refractivity (Wildman–Crippen MR) is 75.2 cm³/mol. The molecule has 1 unspecified atom stereocenters. The number of aryl methyl sites for hydroxylation is 1. The summed E-state index contributed by atoms with van der Waals surface area (Å²) in [5, 5.41) is 19.2. The van der Waals surface area contributed by atoms with Crippen LogP contribution >= 0.6 is 0 Å². The van der Waals surface area contributed by atoms with E-state index < -0.39 is 4.92 Å². The first-order valence-electron chi connectivity index (χ1n) is 6.67. The minimum absolute atomic E-state index is 0.0254. The first-order valence-corrected chi connectivity index (χ1v) is 6.67. The van der Waals surface area contributed by atoms with Gasteiger partial charge in [0.05, 0.1) is 4.92 Å². The topological polar surface area (TPSA) is 99.9 Å². The van der Waals surface area contributed by atoms with Gasteiger partial charge in [-0.05, 0) is 20.8 Å². The number of hydrogen-bond acceptors (Lipinski definition) is 6. The molecular weight excluding hydrogens is 274 g/mol. The molecule has 0 aromatic carbocycles. The largest absolute Gasteiger partial charge is 0.337 e. The van der Waals surface area contributed by atoms with Gasteiger partial charge in [0, 0.05) is 5.41 Å². The van der Waals surface area contributed by atoms with E-state index in [4.69, 9.17) is 4.52 Å². The maximum Gasteiger partial charge on any atom is 0.312 e. The lowest BCUT2D eigenvalue weighted by Crippen LogP contribution is -2.15. The van der Waals surface area contributed by atoms with E-state index in [1.807, 2.05) is 27.7 Å². The molecule has 0 aliphatic carbocycles. The van der Waals surface area contributed by atoms with Crippen LogP contribution < -0.4 is 0 Å². The lowest BCUT2D eigenvalue weighted by atomic mass is 9.96. The standard InChI is InChI=1S/C13H19N5O3/c1-7-10(18(19)20)8(2)17(15-7)9(3)11-14-12(16-21-11)13(4,5)6/h9H,1-6H3. The molecule has 0 saturated carbocycles. The first kappa shape index (κ1) is 15.1. The molecule has 114 valence electrons. The molecule has 0 N–H and O–H groups in total. The van der Waals surface area contributed by atoms with Crippen LogP contribution in [0.3, 0.4) is 0 Å². The third-order valence-corrected chi connectivity index (χ3v) is 3.31. The fourth-order valence-electron chi connectivity index (χ4n) is 2.11. The van der Waals surface area contributed by atoms with Gasteiger partial charge in [0.2, 0.25) is 0 Å². The van der Waals surface area contributed by atoms with E-state index in [2.05, 4.69) is 15.2 Å². The summed E-state index contributed by atoms with van der Waals surface area (Å²) in [4.78, 5) is 15.0. The summed E-state index contributed by atoms with van der Waals surface area (Å²) in [6, 6.07) is -0.360. The SMILES string of the molecule is Cc1nn(C(C)c2nc(C(C)(C)C)no2)c(C)c1[N+](=O)[O-]. The third-order valence-electron chi connectivity index (χ3n) is 3.31. The van der Waals surface area contributed by atoms with Crippen molar-refractivity contribution >= 4 is 5.69 Å². The summed E-state index contributed by atoms with van der Waals surface area (Å²) in [7, 11) is 0. The number of hydrogen-bond donors (Lipinski definition) is 0. The Bertz CT molecular complexity index is 681. The van der Waals surface area contributed by atoms with Crippen LogP contribution in [0.15, 0.2) is 4.52 Å². The van der Waals surface area contributed by atoms with Crippen LogP contribution in [0.4, 0.5) is 5.69 Å². The van der Waals surface area contributed by atoms with Gasteiger partial charge in [0.15, 0.2) is 5.82 Å². The highest BCUT2D eigenvalue weighted by atomic mass is 16.6. The molecule has 0 fully saturated rings. The van der Waals surface area contributed by atoms with Crippen LogP contribution in [0.2, 0.25) is 0 Å². The van der Waals surface area contributed by atoms with E-state index >= 15 is 0 Å². The summed E-state index contributed by atoms with van der Waals surface area (Å²) in [6.45, 7) is 11.1. The fraction of sp³-hybridized carbons (Fsp3) is 0.615. The highest BCUT2D eigenvalue weighted by Gasteiger charge is 2.28. The molecule has 2 heterocycles. The average Bonchev–Trinajstić information content (AvgIpc) is 2.92. The molecule has 1 atom stereocenters. The van der Waals surface area contributed by atoms with Crippen LogP contribution in [-0.4, -0.2) is 24.8 Å². The molecule has 8 heteroatoms. The van der Waals surface area contributed by atoms with Gasteiger partial charge >= 0.3 is 5.69 Å². The van der Waals surface area contributed by atoms with Crippen molar-refractivity contribution in [2.45, 2.75) is 53.0 Å². The van der Waals surface area contributed by atoms with Crippen LogP contribution in [0.5, 0.6) is 0 Å². The van der Waals surface area contributed by atoms with Gasteiger partial charge in [-0.25, -0.2) is 0 Å². The van der Waals surface area contributed by atoms with Gasteiger partial charge in [0.25, 0.3) is 5.89 Å². The summed E-state index contributed by atoms with van der Waals surface area (Å²) in [5.74, 6) is 0.987. The van der Waals surface area contributed by atoms with Crippen LogP contribution in [0.1, 0.15) is 56.8 Å². The Morgan fingerprint density at radius 3 is 2.38 bits per heavy atom. The maximum absolute atomic E-state index is 11.1. The lowest BCUT2D eigenvalue weighted by molar-refractivity contribution is -0.386. The van der Waals surface area contributed by atoms with Crippen molar-refractivity contribution < 1.29 is 9.45 Å². The second kappa shape index (κ2) is 4.94. The van der Waals surface area contributed by atoms with Crippen molar-refractivity contribution in [3.05, 3.63) is 33.2 Å². The highest BCUT2D eigenvalue weighted by molar-refractivity contribution is 5.40. The van der Waals surface area contributed by atoms with Crippen molar-refractivity contribution in [2.24, 2.45) is 0 Å². The normalized spacial score (nSPS) is 13.4. The summed E-state index contributed by atoms with van der Waals surface area (Å²) in [6.07, 6.45) is 0. The summed E-state index contributed by atoms with van der Waals surface area (Å²) in [5.41, 5.74) is 0.653. The highest BCUT2D eigenvalue weighted by Crippen LogP contribution is 2.28. The van der Waals surface area contributed by atoms with Crippen molar-refractivity contribution in [1.82, 2.24) is 19.9 Å². The second-order valence-electron chi connectivity index (χ2n) is 6.10. The summed E-state index contributed by atoms with van der Waals surface area (Å²) >= 11 is 0. The van der Waals surface area contributed by atoms with Crippen LogP contribution in [0.25, 0.3) is 0 Å². The maximum atomic E-state index is 11.1. The van der Waals surface area contributed by atoms with Gasteiger partial charge in [-0.1, -0.05) is 25.9 Å². The molecule has 0 bridgehead atoms. The van der Waals surface area contributed by atoms with Crippen molar-refractivity contribution in [1.29, 1.82) is 0 Å². The zero-order valence-electron chi connectivity index (χ0n) is 13.0. The van der Waals surface area contributed by atoms with Gasteiger partial charge < -0.3 is 4.52 Å². The fourth-order valence-corrected chi connectivity index (χ4v) is 2.11. The van der Waals surface area contributed by atoms with Gasteiger partial charge in [-0.3, -0.25) is 14.8 Å². The van der Waals surface area contributed by atoms with Crippen LogP contribution in [-0.2, 0) is 5.41 Å². The predicted octanol–water partition coefficient (Wildman–Crippen LogP) is 2.70. The van der Waals surface area contributed by atoms with Crippen LogP contribution in [0, 0.1) is 24.0 Å². The minimum atomic E-state index is -0.421. The van der Waals surface area contributed by atoms with Crippen molar-refractivity contribution in [2.75, 3.05) is 0 Å². The number of nitro groups is 1. The number of nitrogens with zero attached hydrogens (tertiary/aromatic N) is 5. The minimum Gasteiger partial charge on any atom is -0.337 e. The second-order valence-corrected chi connectivity index (χ2v) is 6.10. The molecule has 0 aliphatic rings.